The Kier molecular flexibility index (Phi) is 6.78. The highest BCUT2D eigenvalue weighted by molar-refractivity contribution is 5.93. The molecule has 0 bridgehead atoms. The molecule has 0 aliphatic heterocycles. The maximum Gasteiger partial charge on any atom is 0.239 e. The van der Waals surface area contributed by atoms with E-state index in [9.17, 15) is 15.0 Å². The number of benzene rings is 2. The van der Waals surface area contributed by atoms with Crippen molar-refractivity contribution in [1.29, 1.82) is 0 Å². The summed E-state index contributed by atoms with van der Waals surface area (Å²) in [7, 11) is 1.40. The number of aromatic hydroxyl groups is 2. The Labute approximate surface area is 188 Å². The monoisotopic (exact) mass is 434 g/mol. The molecule has 0 amide bonds. The highest BCUT2D eigenvalue weighted by atomic mass is 16.5. The molecule has 0 radical (unpaired) electrons. The minimum atomic E-state index is -0.473. The van der Waals surface area contributed by atoms with Gasteiger partial charge >= 0.3 is 0 Å². The van der Waals surface area contributed by atoms with Crippen molar-refractivity contribution < 1.29 is 19.4 Å². The van der Waals surface area contributed by atoms with E-state index in [2.05, 4.69) is 0 Å². The fourth-order valence-electron chi connectivity index (χ4n) is 3.57. The van der Waals surface area contributed by atoms with Gasteiger partial charge in [0.25, 0.3) is 0 Å². The van der Waals surface area contributed by atoms with Gasteiger partial charge in [-0.15, -0.1) is 0 Å². The maximum absolute atomic E-state index is 13.5. The lowest BCUT2D eigenvalue weighted by Gasteiger charge is -2.16. The topological polar surface area (TPSA) is 79.9 Å². The maximum atomic E-state index is 13.5. The number of aryl methyl sites for hydroxylation is 1. The van der Waals surface area contributed by atoms with Crippen LogP contribution in [0.1, 0.15) is 44.4 Å². The molecule has 5 nitrogen and oxygen atoms in total. The molecule has 0 spiro atoms. The Hall–Kier alpha value is -3.47. The zero-order valence-corrected chi connectivity index (χ0v) is 19.5. The number of allylic oxidation sites excluding steroid dienone is 4. The highest BCUT2D eigenvalue weighted by Gasteiger charge is 2.26. The van der Waals surface area contributed by atoms with Crippen molar-refractivity contribution in [3.63, 3.8) is 0 Å². The van der Waals surface area contributed by atoms with Crippen LogP contribution < -0.4 is 10.2 Å². The first-order chi connectivity index (χ1) is 15.1. The second-order valence-corrected chi connectivity index (χ2v) is 8.49. The zero-order chi connectivity index (χ0) is 23.6. The van der Waals surface area contributed by atoms with Gasteiger partial charge in [0.05, 0.1) is 7.11 Å². The molecule has 168 valence electrons. The number of phenols is 2. The normalized spacial score (nSPS) is 10.8. The van der Waals surface area contributed by atoms with Gasteiger partial charge in [0.2, 0.25) is 11.2 Å². The molecule has 0 saturated carbocycles. The summed E-state index contributed by atoms with van der Waals surface area (Å²) in [5.41, 5.74) is 4.29. The van der Waals surface area contributed by atoms with Crippen LogP contribution in [0, 0.1) is 6.92 Å². The van der Waals surface area contributed by atoms with Gasteiger partial charge in [0.1, 0.15) is 22.5 Å². The molecule has 0 saturated heterocycles. The average molecular weight is 435 g/mol. The second kappa shape index (κ2) is 9.35. The van der Waals surface area contributed by atoms with E-state index in [0.717, 1.165) is 16.7 Å². The molecule has 3 rings (SSSR count). The molecule has 0 aliphatic carbocycles. The minimum Gasteiger partial charge on any atom is -0.507 e. The Morgan fingerprint density at radius 2 is 1.50 bits per heavy atom. The smallest absolute Gasteiger partial charge is 0.239 e. The van der Waals surface area contributed by atoms with E-state index < -0.39 is 5.43 Å². The lowest BCUT2D eigenvalue weighted by molar-refractivity contribution is 0.396. The first-order valence-corrected chi connectivity index (χ1v) is 10.6. The molecule has 0 aliphatic rings. The molecule has 1 heterocycles. The third-order valence-electron chi connectivity index (χ3n) is 5.39. The predicted octanol–water partition coefficient (Wildman–Crippen LogP) is 6.21. The number of fused-ring (bicyclic) bond motifs is 1. The third-order valence-corrected chi connectivity index (χ3v) is 5.39. The lowest BCUT2D eigenvalue weighted by atomic mass is 9.96. The van der Waals surface area contributed by atoms with Gasteiger partial charge < -0.3 is 19.4 Å². The summed E-state index contributed by atoms with van der Waals surface area (Å²) in [6.45, 7) is 9.76. The number of ether oxygens (including phenoxy) is 1. The SMILES string of the molecule is COc1c(-c2ccc(C)cc2)oc2c(CC=C(C)C)c(O)c(CC=C(C)C)c(O)c2c1=O. The zero-order valence-electron chi connectivity index (χ0n) is 19.5. The minimum absolute atomic E-state index is 0.0173. The van der Waals surface area contributed by atoms with E-state index in [4.69, 9.17) is 9.15 Å². The van der Waals surface area contributed by atoms with E-state index >= 15 is 0 Å². The second-order valence-electron chi connectivity index (χ2n) is 8.49. The van der Waals surface area contributed by atoms with E-state index in [1.165, 1.54) is 7.11 Å². The summed E-state index contributed by atoms with van der Waals surface area (Å²) in [5, 5.41) is 22.1. The summed E-state index contributed by atoms with van der Waals surface area (Å²) in [4.78, 5) is 13.5. The van der Waals surface area contributed by atoms with Crippen LogP contribution in [0.3, 0.4) is 0 Å². The van der Waals surface area contributed by atoms with E-state index in [1.807, 2.05) is 71.0 Å². The molecular formula is C27H30O5. The van der Waals surface area contributed by atoms with Crippen LogP contribution in [0.5, 0.6) is 17.2 Å². The van der Waals surface area contributed by atoms with Crippen molar-refractivity contribution >= 4 is 11.0 Å². The molecule has 3 aromatic rings. The molecule has 1 aromatic heterocycles. The number of methoxy groups -OCH3 is 1. The molecule has 2 aromatic carbocycles. The largest absolute Gasteiger partial charge is 0.507 e. The van der Waals surface area contributed by atoms with Crippen LogP contribution in [-0.4, -0.2) is 17.3 Å². The molecule has 5 heteroatoms. The first-order valence-electron chi connectivity index (χ1n) is 10.6. The molecule has 2 N–H and O–H groups in total. The van der Waals surface area contributed by atoms with Crippen LogP contribution in [0.15, 0.2) is 56.8 Å². The van der Waals surface area contributed by atoms with Gasteiger partial charge in [-0.05, 0) is 47.5 Å². The van der Waals surface area contributed by atoms with Crippen molar-refractivity contribution in [1.82, 2.24) is 0 Å². The highest BCUT2D eigenvalue weighted by Crippen LogP contribution is 2.42. The summed E-state index contributed by atoms with van der Waals surface area (Å²) in [5.74, 6) is -0.0606. The standard InChI is InChI=1S/C27H30O5/c1-15(2)7-13-19-22(28)20(14-8-16(3)4)26-21(23(19)29)24(30)27(31-6)25(32-26)18-11-9-17(5)10-12-18/h7-12,28-29H,13-14H2,1-6H3. The lowest BCUT2D eigenvalue weighted by Crippen LogP contribution is -2.10. The van der Waals surface area contributed by atoms with Gasteiger partial charge in [-0.25, -0.2) is 0 Å². The van der Waals surface area contributed by atoms with Gasteiger partial charge in [0.15, 0.2) is 5.76 Å². The number of hydrogen-bond donors (Lipinski definition) is 2. The molecular weight excluding hydrogens is 404 g/mol. The predicted molar refractivity (Wildman–Crippen MR) is 129 cm³/mol. The van der Waals surface area contributed by atoms with Gasteiger partial charge in [-0.2, -0.15) is 0 Å². The van der Waals surface area contributed by atoms with Crippen LogP contribution in [0.25, 0.3) is 22.3 Å². The fourth-order valence-corrected chi connectivity index (χ4v) is 3.57. The average Bonchev–Trinajstić information content (AvgIpc) is 2.73. The Bertz CT molecular complexity index is 1270. The van der Waals surface area contributed by atoms with Crippen LogP contribution >= 0.6 is 0 Å². The fraction of sp³-hybridized carbons (Fsp3) is 0.296. The Morgan fingerprint density at radius 1 is 0.938 bits per heavy atom. The molecule has 0 atom stereocenters. The molecule has 0 unspecified atom stereocenters. The van der Waals surface area contributed by atoms with Gasteiger partial charge in [-0.1, -0.05) is 53.1 Å². The molecule has 32 heavy (non-hydrogen) atoms. The summed E-state index contributed by atoms with van der Waals surface area (Å²) in [6, 6.07) is 7.53. The number of hydrogen-bond acceptors (Lipinski definition) is 5. The van der Waals surface area contributed by atoms with Crippen LogP contribution in [0.2, 0.25) is 0 Å². The summed E-state index contributed by atoms with van der Waals surface area (Å²) >= 11 is 0. The van der Waals surface area contributed by atoms with Crippen molar-refractivity contribution in [2.75, 3.05) is 7.11 Å². The van der Waals surface area contributed by atoms with Crippen LogP contribution in [-0.2, 0) is 12.8 Å². The third kappa shape index (κ3) is 4.42. The summed E-state index contributed by atoms with van der Waals surface area (Å²) in [6.07, 6.45) is 4.49. The summed E-state index contributed by atoms with van der Waals surface area (Å²) < 4.78 is 11.6. The van der Waals surface area contributed by atoms with Crippen molar-refractivity contribution in [2.45, 2.75) is 47.5 Å². The Morgan fingerprint density at radius 3 is 2.03 bits per heavy atom. The van der Waals surface area contributed by atoms with Crippen molar-refractivity contribution in [2.24, 2.45) is 0 Å². The van der Waals surface area contributed by atoms with Crippen molar-refractivity contribution in [3.8, 4) is 28.6 Å². The molecule has 0 fully saturated rings. The van der Waals surface area contributed by atoms with Gasteiger partial charge in [0, 0.05) is 16.7 Å². The Balaban J connectivity index is 2.45. The van der Waals surface area contributed by atoms with E-state index in [0.29, 0.717) is 29.5 Å². The van der Waals surface area contributed by atoms with Gasteiger partial charge in [-0.3, -0.25) is 4.79 Å². The first kappa shape index (κ1) is 23.2. The number of rotatable bonds is 6. The van der Waals surface area contributed by atoms with E-state index in [-0.39, 0.29) is 34.0 Å². The quantitative estimate of drug-likeness (QED) is 0.451. The van der Waals surface area contributed by atoms with E-state index in [1.54, 1.807) is 0 Å². The van der Waals surface area contributed by atoms with Crippen molar-refractivity contribution in [3.05, 3.63) is 74.5 Å². The van der Waals surface area contributed by atoms with Crippen LogP contribution in [0.4, 0.5) is 0 Å². The number of phenolic OH excluding ortho intramolecular Hbond substituents is 2.